The number of hydrogen-bond donors (Lipinski definition) is 1. The Bertz CT molecular complexity index is 1850. The third-order valence-corrected chi connectivity index (χ3v) is 8.22. The first kappa shape index (κ1) is 32.9. The number of carbonyl (C=O) groups excluding carboxylic acids is 2. The fourth-order valence-corrected chi connectivity index (χ4v) is 5.53. The number of nitrogens with zero attached hydrogens (tertiary/aromatic N) is 2. The lowest BCUT2D eigenvalue weighted by Gasteiger charge is -2.24. The molecule has 0 unspecified atom stereocenters. The zero-order valence-corrected chi connectivity index (χ0v) is 28.3. The van der Waals surface area contributed by atoms with Crippen molar-refractivity contribution in [1.82, 2.24) is 9.88 Å². The van der Waals surface area contributed by atoms with Crippen LogP contribution in [0.4, 0.5) is 5.69 Å². The Balaban J connectivity index is 1.35. The lowest BCUT2D eigenvalue weighted by Crippen LogP contribution is -2.24. The Morgan fingerprint density at radius 2 is 1.74 bits per heavy atom. The smallest absolute Gasteiger partial charge is 0.343 e. The zero-order chi connectivity index (χ0) is 32.8. The van der Waals surface area contributed by atoms with Crippen LogP contribution in [0.15, 0.2) is 94.1 Å². The first-order chi connectivity index (χ1) is 22.0. The monoisotopic (exact) mass is 683 g/mol. The molecule has 5 aromatic rings. The molecule has 0 saturated heterocycles. The van der Waals surface area contributed by atoms with Gasteiger partial charge in [-0.05, 0) is 102 Å². The van der Waals surface area contributed by atoms with E-state index < -0.39 is 17.5 Å². The van der Waals surface area contributed by atoms with Crippen molar-refractivity contribution in [3.63, 3.8) is 0 Å². The topological polar surface area (TPSA) is 93.9 Å². The number of carbonyl (C=O) groups is 2. The molecule has 2 aromatic heterocycles. The molecule has 1 amide bonds. The Kier molecular flexibility index (Phi) is 10.2. The minimum absolute atomic E-state index is 0.0612. The van der Waals surface area contributed by atoms with Crippen LogP contribution in [-0.2, 0) is 12.8 Å². The first-order valence-corrected chi connectivity index (χ1v) is 16.0. The maximum absolute atomic E-state index is 13.7. The fraction of sp³-hybridized carbons (Fsp3) is 0.270. The van der Waals surface area contributed by atoms with Gasteiger partial charge in [0.2, 0.25) is 0 Å². The van der Waals surface area contributed by atoms with E-state index in [0.29, 0.717) is 17.0 Å². The number of amides is 1. The zero-order valence-electron chi connectivity index (χ0n) is 26.7. The number of furan rings is 1. The summed E-state index contributed by atoms with van der Waals surface area (Å²) in [6, 6.07) is 21.2. The van der Waals surface area contributed by atoms with Crippen molar-refractivity contribution >= 4 is 44.5 Å². The van der Waals surface area contributed by atoms with Gasteiger partial charge in [-0.1, -0.05) is 40.2 Å². The van der Waals surface area contributed by atoms with Crippen LogP contribution in [0.3, 0.4) is 0 Å². The number of nitrogens with one attached hydrogen (secondary N) is 1. The van der Waals surface area contributed by atoms with Crippen molar-refractivity contribution in [2.24, 2.45) is 0 Å². The molecule has 8 nitrogen and oxygen atoms in total. The largest absolute Gasteiger partial charge is 0.484 e. The van der Waals surface area contributed by atoms with E-state index in [1.807, 2.05) is 58.2 Å². The van der Waals surface area contributed by atoms with Crippen LogP contribution >= 0.6 is 15.9 Å². The van der Waals surface area contributed by atoms with Crippen LogP contribution in [0.2, 0.25) is 0 Å². The molecule has 238 valence electrons. The number of halogens is 1. The Labute approximate surface area is 277 Å². The highest BCUT2D eigenvalue weighted by Crippen LogP contribution is 2.36. The van der Waals surface area contributed by atoms with E-state index in [1.165, 1.54) is 5.56 Å². The quantitative estimate of drug-likeness (QED) is 0.111. The lowest BCUT2D eigenvalue weighted by atomic mass is 10.1. The van der Waals surface area contributed by atoms with Gasteiger partial charge in [-0.15, -0.1) is 0 Å². The van der Waals surface area contributed by atoms with Crippen LogP contribution in [0.1, 0.15) is 58.4 Å². The summed E-state index contributed by atoms with van der Waals surface area (Å²) in [6.07, 6.45) is 5.34. The molecule has 0 aliphatic carbocycles. The van der Waals surface area contributed by atoms with Gasteiger partial charge in [-0.2, -0.15) is 0 Å². The van der Waals surface area contributed by atoms with Gasteiger partial charge in [-0.25, -0.2) is 4.79 Å². The van der Waals surface area contributed by atoms with Crippen LogP contribution in [0, 0.1) is 6.92 Å². The molecule has 3 aromatic carbocycles. The number of rotatable bonds is 11. The predicted octanol–water partition coefficient (Wildman–Crippen LogP) is 8.26. The number of para-hydroxylation sites is 1. The number of fused-ring (bicyclic) bond motifs is 1. The van der Waals surface area contributed by atoms with Gasteiger partial charge in [0.25, 0.3) is 5.91 Å². The van der Waals surface area contributed by atoms with E-state index >= 15 is 0 Å². The van der Waals surface area contributed by atoms with Crippen molar-refractivity contribution in [2.75, 3.05) is 25.5 Å². The van der Waals surface area contributed by atoms with Gasteiger partial charge in [-0.3, -0.25) is 9.78 Å². The average Bonchev–Trinajstić information content (AvgIpc) is 3.33. The fourth-order valence-electron chi connectivity index (χ4n) is 5.11. The average molecular weight is 685 g/mol. The van der Waals surface area contributed by atoms with E-state index in [0.717, 1.165) is 52.7 Å². The molecule has 46 heavy (non-hydrogen) atoms. The summed E-state index contributed by atoms with van der Waals surface area (Å²) in [5.41, 5.74) is 3.57. The highest BCUT2D eigenvalue weighted by atomic mass is 79.9. The molecule has 0 bridgehead atoms. The van der Waals surface area contributed by atoms with Gasteiger partial charge >= 0.3 is 5.97 Å². The van der Waals surface area contributed by atoms with Gasteiger partial charge in [0.15, 0.2) is 11.5 Å². The third-order valence-electron chi connectivity index (χ3n) is 7.44. The summed E-state index contributed by atoms with van der Waals surface area (Å²) in [5.74, 6) is 0.193. The van der Waals surface area contributed by atoms with E-state index in [-0.39, 0.29) is 11.3 Å². The Hall–Kier alpha value is -4.47. The second-order valence-corrected chi connectivity index (χ2v) is 13.0. The summed E-state index contributed by atoms with van der Waals surface area (Å²) >= 11 is 3.60. The van der Waals surface area contributed by atoms with Crippen molar-refractivity contribution < 1.29 is 23.5 Å². The molecule has 1 N–H and O–H groups in total. The third kappa shape index (κ3) is 8.21. The molecule has 0 aliphatic heterocycles. The van der Waals surface area contributed by atoms with Gasteiger partial charge in [0.1, 0.15) is 16.9 Å². The van der Waals surface area contributed by atoms with E-state index in [2.05, 4.69) is 38.2 Å². The number of esters is 1. The van der Waals surface area contributed by atoms with Crippen LogP contribution in [0.5, 0.6) is 11.5 Å². The summed E-state index contributed by atoms with van der Waals surface area (Å²) in [7, 11) is 2.10. The second kappa shape index (κ2) is 14.3. The number of benzene rings is 3. The molecule has 2 heterocycles. The van der Waals surface area contributed by atoms with Crippen LogP contribution in [-0.4, -0.2) is 47.5 Å². The van der Waals surface area contributed by atoms with E-state index in [9.17, 15) is 9.59 Å². The van der Waals surface area contributed by atoms with E-state index in [4.69, 9.17) is 13.9 Å². The molecule has 0 saturated carbocycles. The molecule has 9 heteroatoms. The number of ether oxygens (including phenoxy) is 2. The molecular weight excluding hydrogens is 646 g/mol. The maximum Gasteiger partial charge on any atom is 0.343 e. The van der Waals surface area contributed by atoms with Crippen molar-refractivity contribution in [3.8, 4) is 11.5 Å². The standard InChI is InChI=1S/C37H38BrN3O5/c1-24-28(18-21-41(5)20-17-26-23-39-19-16-31(26)38)30-22-27(14-15-32(30)44-24)40-35(42)29-12-9-13-33(46-37(2,3)4)34(29)45-36(43)25-10-7-6-8-11-25/h6-16,19,22-23H,17-18,20-21H2,1-5H3,(H,40,42). The Morgan fingerprint density at radius 3 is 2.48 bits per heavy atom. The number of pyridine rings is 1. The molecule has 0 radical (unpaired) electrons. The van der Waals surface area contributed by atoms with Crippen molar-refractivity contribution in [3.05, 3.63) is 118 Å². The van der Waals surface area contributed by atoms with Crippen molar-refractivity contribution in [1.29, 1.82) is 0 Å². The number of aryl methyl sites for hydroxylation is 1. The molecule has 0 spiro atoms. The van der Waals surface area contributed by atoms with Crippen molar-refractivity contribution in [2.45, 2.75) is 46.1 Å². The normalized spacial score (nSPS) is 11.5. The molecular formula is C37H38BrN3O5. The van der Waals surface area contributed by atoms with Crippen LogP contribution < -0.4 is 14.8 Å². The maximum atomic E-state index is 13.7. The minimum atomic E-state index is -0.590. The minimum Gasteiger partial charge on any atom is -0.484 e. The second-order valence-electron chi connectivity index (χ2n) is 12.2. The number of hydrogen-bond acceptors (Lipinski definition) is 7. The number of anilines is 1. The number of aromatic nitrogens is 1. The summed E-state index contributed by atoms with van der Waals surface area (Å²) < 4.78 is 19.1. The Morgan fingerprint density at radius 1 is 0.978 bits per heavy atom. The first-order valence-electron chi connectivity index (χ1n) is 15.2. The van der Waals surface area contributed by atoms with E-state index in [1.54, 1.807) is 54.7 Å². The molecule has 5 rings (SSSR count). The molecule has 0 atom stereocenters. The lowest BCUT2D eigenvalue weighted by molar-refractivity contribution is 0.0705. The highest BCUT2D eigenvalue weighted by Gasteiger charge is 2.24. The summed E-state index contributed by atoms with van der Waals surface area (Å²) in [6.45, 7) is 9.35. The SMILES string of the molecule is Cc1oc2ccc(NC(=O)c3cccc(OC(C)(C)C)c3OC(=O)c3ccccc3)cc2c1CCN(C)CCc1cnccc1Br. The molecule has 0 aliphatic rings. The highest BCUT2D eigenvalue weighted by molar-refractivity contribution is 9.10. The molecule has 0 fully saturated rings. The summed E-state index contributed by atoms with van der Waals surface area (Å²) in [5, 5.41) is 3.93. The van der Waals surface area contributed by atoms with Gasteiger partial charge in [0, 0.05) is 46.6 Å². The van der Waals surface area contributed by atoms with Crippen LogP contribution in [0.25, 0.3) is 11.0 Å². The number of likely N-dealkylation sites (N-methyl/N-ethyl adjacent to an activating group) is 1. The van der Waals surface area contributed by atoms with Gasteiger partial charge in [0.05, 0.1) is 11.1 Å². The summed E-state index contributed by atoms with van der Waals surface area (Å²) in [4.78, 5) is 33.3. The van der Waals surface area contributed by atoms with Gasteiger partial charge < -0.3 is 24.1 Å². The predicted molar refractivity (Wildman–Crippen MR) is 184 cm³/mol.